The smallest absolute Gasteiger partial charge is 0.227 e. The van der Waals surface area contributed by atoms with Gasteiger partial charge in [-0.2, -0.15) is 0 Å². The molecule has 166 valence electrons. The molecule has 1 saturated heterocycles. The van der Waals surface area contributed by atoms with Crippen LogP contribution in [0.1, 0.15) is 12.8 Å². The summed E-state index contributed by atoms with van der Waals surface area (Å²) in [6.07, 6.45) is 2.95. The number of hydrogen-bond acceptors (Lipinski definition) is 6. The maximum atomic E-state index is 13.2. The van der Waals surface area contributed by atoms with Crippen LogP contribution in [0.2, 0.25) is 0 Å². The Morgan fingerprint density at radius 1 is 1.00 bits per heavy atom. The number of benzene rings is 2. The third kappa shape index (κ3) is 4.80. The molecule has 2 aromatic carbocycles. The van der Waals surface area contributed by atoms with Gasteiger partial charge < -0.3 is 19.7 Å². The molecule has 2 heterocycles. The zero-order chi connectivity index (χ0) is 22.5. The Hall–Kier alpha value is -3.68. The largest absolute Gasteiger partial charge is 0.493 e. The van der Waals surface area contributed by atoms with E-state index in [0.717, 1.165) is 29.9 Å². The molecule has 1 fully saturated rings. The van der Waals surface area contributed by atoms with Crippen LogP contribution in [-0.2, 0) is 4.79 Å². The third-order valence-electron chi connectivity index (χ3n) is 5.63. The van der Waals surface area contributed by atoms with Gasteiger partial charge in [-0.1, -0.05) is 0 Å². The Morgan fingerprint density at radius 2 is 1.72 bits per heavy atom. The van der Waals surface area contributed by atoms with Crippen molar-refractivity contribution in [2.24, 2.45) is 5.92 Å². The van der Waals surface area contributed by atoms with E-state index in [1.807, 2.05) is 6.07 Å². The molecule has 0 unspecified atom stereocenters. The quantitative estimate of drug-likeness (QED) is 0.626. The van der Waals surface area contributed by atoms with Crippen LogP contribution in [0, 0.1) is 11.7 Å². The van der Waals surface area contributed by atoms with Gasteiger partial charge in [0.2, 0.25) is 5.91 Å². The van der Waals surface area contributed by atoms with E-state index in [4.69, 9.17) is 9.47 Å². The van der Waals surface area contributed by atoms with Gasteiger partial charge in [0.25, 0.3) is 0 Å². The number of methoxy groups -OCH3 is 2. The summed E-state index contributed by atoms with van der Waals surface area (Å²) in [4.78, 5) is 23.6. The van der Waals surface area contributed by atoms with Crippen molar-refractivity contribution in [2.45, 2.75) is 12.8 Å². The Bertz CT molecular complexity index is 1080. The van der Waals surface area contributed by atoms with E-state index in [9.17, 15) is 9.18 Å². The monoisotopic (exact) mass is 436 g/mol. The number of anilines is 2. The first-order valence-electron chi connectivity index (χ1n) is 10.4. The fourth-order valence-corrected chi connectivity index (χ4v) is 3.83. The first-order chi connectivity index (χ1) is 15.6. The van der Waals surface area contributed by atoms with Crippen LogP contribution in [0.15, 0.2) is 54.9 Å². The molecule has 32 heavy (non-hydrogen) atoms. The fraction of sp³-hybridized carbons (Fsp3) is 0.292. The van der Waals surface area contributed by atoms with Gasteiger partial charge in [-0.05, 0) is 49.2 Å². The maximum Gasteiger partial charge on any atom is 0.227 e. The van der Waals surface area contributed by atoms with Crippen LogP contribution in [0.25, 0.3) is 11.3 Å². The minimum Gasteiger partial charge on any atom is -0.493 e. The molecule has 0 aliphatic carbocycles. The minimum absolute atomic E-state index is 0.00782. The molecule has 7 nitrogen and oxygen atoms in total. The number of carbonyl (C=O) groups is 1. The van der Waals surface area contributed by atoms with Gasteiger partial charge in [0, 0.05) is 42.4 Å². The van der Waals surface area contributed by atoms with Crippen molar-refractivity contribution in [3.63, 3.8) is 0 Å². The lowest BCUT2D eigenvalue weighted by atomic mass is 9.95. The second kappa shape index (κ2) is 9.64. The summed E-state index contributed by atoms with van der Waals surface area (Å²) in [5.74, 6) is 1.61. The molecule has 0 atom stereocenters. The highest BCUT2D eigenvalue weighted by atomic mass is 19.1. The molecule has 1 N–H and O–H groups in total. The van der Waals surface area contributed by atoms with Crippen LogP contribution in [0.4, 0.5) is 15.9 Å². The van der Waals surface area contributed by atoms with E-state index in [1.54, 1.807) is 44.6 Å². The number of nitrogens with one attached hydrogen (secondary N) is 1. The molecule has 3 aromatic rings. The van der Waals surface area contributed by atoms with Gasteiger partial charge in [0.15, 0.2) is 11.5 Å². The molecule has 1 aliphatic rings. The molecule has 4 rings (SSSR count). The van der Waals surface area contributed by atoms with Crippen LogP contribution in [-0.4, -0.2) is 43.2 Å². The first kappa shape index (κ1) is 21.5. The van der Waals surface area contributed by atoms with Gasteiger partial charge in [-0.3, -0.25) is 4.79 Å². The summed E-state index contributed by atoms with van der Waals surface area (Å²) >= 11 is 0. The number of carbonyl (C=O) groups excluding carboxylic acids is 1. The normalized spacial score (nSPS) is 14.2. The molecule has 0 saturated carbocycles. The average molecular weight is 436 g/mol. The molecular weight excluding hydrogens is 411 g/mol. The van der Waals surface area contributed by atoms with E-state index in [0.29, 0.717) is 30.3 Å². The number of aromatic nitrogens is 2. The van der Waals surface area contributed by atoms with Crippen LogP contribution < -0.4 is 19.7 Å². The predicted octanol–water partition coefficient (Wildman–Crippen LogP) is 4.16. The van der Waals surface area contributed by atoms with Crippen molar-refractivity contribution < 1.29 is 18.7 Å². The van der Waals surface area contributed by atoms with Gasteiger partial charge in [0.05, 0.1) is 19.9 Å². The first-order valence-corrected chi connectivity index (χ1v) is 10.4. The molecule has 8 heteroatoms. The zero-order valence-corrected chi connectivity index (χ0v) is 18.0. The Morgan fingerprint density at radius 3 is 2.41 bits per heavy atom. The van der Waals surface area contributed by atoms with Crippen molar-refractivity contribution >= 4 is 17.4 Å². The number of rotatable bonds is 6. The standard InChI is InChI=1S/C24H25FN4O3/c1-31-21-8-7-19(13-22(21)32-2)28-24(30)17-9-11-29(12-10-17)23-14-20(26-15-27-23)16-3-5-18(25)6-4-16/h3-8,13-15,17H,9-12H2,1-2H3,(H,28,30). The number of piperidine rings is 1. The highest BCUT2D eigenvalue weighted by molar-refractivity contribution is 5.93. The molecule has 1 amide bonds. The predicted molar refractivity (Wildman–Crippen MR) is 121 cm³/mol. The number of nitrogens with zero attached hydrogens (tertiary/aromatic N) is 3. The highest BCUT2D eigenvalue weighted by Crippen LogP contribution is 2.31. The fourth-order valence-electron chi connectivity index (χ4n) is 3.83. The van der Waals surface area contributed by atoms with Gasteiger partial charge >= 0.3 is 0 Å². The number of ether oxygens (including phenoxy) is 2. The second-order valence-corrected chi connectivity index (χ2v) is 7.59. The number of halogens is 1. The zero-order valence-electron chi connectivity index (χ0n) is 18.0. The SMILES string of the molecule is COc1ccc(NC(=O)C2CCN(c3cc(-c4ccc(F)cc4)ncn3)CC2)cc1OC. The van der Waals surface area contributed by atoms with E-state index in [-0.39, 0.29) is 17.6 Å². The summed E-state index contributed by atoms with van der Waals surface area (Å²) in [5.41, 5.74) is 2.25. The average Bonchev–Trinajstić information content (AvgIpc) is 2.84. The summed E-state index contributed by atoms with van der Waals surface area (Å²) < 4.78 is 23.7. The van der Waals surface area contributed by atoms with Crippen LogP contribution in [0.5, 0.6) is 11.5 Å². The van der Waals surface area contributed by atoms with Crippen LogP contribution in [0.3, 0.4) is 0 Å². The van der Waals surface area contributed by atoms with E-state index in [1.165, 1.54) is 18.5 Å². The molecule has 1 aliphatic heterocycles. The lowest BCUT2D eigenvalue weighted by molar-refractivity contribution is -0.120. The molecular formula is C24H25FN4O3. The molecule has 0 bridgehead atoms. The number of amides is 1. The molecule has 0 spiro atoms. The van der Waals surface area contributed by atoms with Crippen molar-refractivity contribution in [3.05, 3.63) is 60.7 Å². The van der Waals surface area contributed by atoms with E-state index in [2.05, 4.69) is 20.2 Å². The summed E-state index contributed by atoms with van der Waals surface area (Å²) in [5, 5.41) is 2.98. The maximum absolute atomic E-state index is 13.2. The summed E-state index contributed by atoms with van der Waals surface area (Å²) in [7, 11) is 3.14. The molecule has 1 aromatic heterocycles. The Balaban J connectivity index is 1.37. The van der Waals surface area contributed by atoms with Crippen molar-refractivity contribution in [1.29, 1.82) is 0 Å². The second-order valence-electron chi connectivity index (χ2n) is 7.59. The van der Waals surface area contributed by atoms with Crippen molar-refractivity contribution in [3.8, 4) is 22.8 Å². The van der Waals surface area contributed by atoms with Crippen molar-refractivity contribution in [1.82, 2.24) is 9.97 Å². The Labute approximate surface area is 186 Å². The van der Waals surface area contributed by atoms with E-state index < -0.39 is 0 Å². The number of hydrogen-bond donors (Lipinski definition) is 1. The van der Waals surface area contributed by atoms with Gasteiger partial charge in [-0.15, -0.1) is 0 Å². The van der Waals surface area contributed by atoms with Gasteiger partial charge in [0.1, 0.15) is 18.0 Å². The van der Waals surface area contributed by atoms with Crippen LogP contribution >= 0.6 is 0 Å². The molecule has 0 radical (unpaired) electrons. The van der Waals surface area contributed by atoms with Gasteiger partial charge in [-0.25, -0.2) is 14.4 Å². The minimum atomic E-state index is -0.281. The summed E-state index contributed by atoms with van der Waals surface area (Å²) in [6.45, 7) is 1.42. The lowest BCUT2D eigenvalue weighted by Gasteiger charge is -2.32. The van der Waals surface area contributed by atoms with Crippen molar-refractivity contribution in [2.75, 3.05) is 37.5 Å². The Kier molecular flexibility index (Phi) is 6.49. The van der Waals surface area contributed by atoms with E-state index >= 15 is 0 Å². The topological polar surface area (TPSA) is 76.6 Å². The highest BCUT2D eigenvalue weighted by Gasteiger charge is 2.26. The summed E-state index contributed by atoms with van der Waals surface area (Å²) in [6, 6.07) is 13.5. The third-order valence-corrected chi connectivity index (χ3v) is 5.63. The lowest BCUT2D eigenvalue weighted by Crippen LogP contribution is -2.38.